The average Bonchev–Trinajstić information content (AvgIpc) is 3.11. The highest BCUT2D eigenvalue weighted by molar-refractivity contribution is 5.76. The topological polar surface area (TPSA) is 65.7 Å². The first-order chi connectivity index (χ1) is 15.1. The minimum Gasteiger partial charge on any atom is -0.372 e. The number of rotatable bonds is 6. The zero-order valence-corrected chi connectivity index (χ0v) is 18.9. The number of hydrogen-bond donors (Lipinski definition) is 0. The first kappa shape index (κ1) is 21.8. The van der Waals surface area contributed by atoms with Crippen LogP contribution in [0.4, 0.5) is 5.69 Å². The third-order valence-corrected chi connectivity index (χ3v) is 6.51. The van der Waals surface area contributed by atoms with E-state index < -0.39 is 0 Å². The molecule has 2 aliphatic heterocycles. The Morgan fingerprint density at radius 3 is 2.29 bits per heavy atom. The molecule has 1 amide bonds. The molecule has 7 heteroatoms. The predicted molar refractivity (Wildman–Crippen MR) is 122 cm³/mol. The van der Waals surface area contributed by atoms with Crippen molar-refractivity contribution in [3.8, 4) is 11.4 Å². The van der Waals surface area contributed by atoms with Gasteiger partial charge in [-0.2, -0.15) is 4.98 Å². The van der Waals surface area contributed by atoms with Crippen LogP contribution in [0.3, 0.4) is 0 Å². The van der Waals surface area contributed by atoms with Crippen LogP contribution in [-0.2, 0) is 11.2 Å². The maximum atomic E-state index is 12.5. The molecule has 2 aromatic rings. The third-order valence-electron chi connectivity index (χ3n) is 6.51. The van der Waals surface area contributed by atoms with Crippen molar-refractivity contribution in [1.29, 1.82) is 0 Å². The molecule has 0 aliphatic carbocycles. The molecule has 2 fully saturated rings. The molecule has 4 rings (SSSR count). The van der Waals surface area contributed by atoms with E-state index in [2.05, 4.69) is 58.1 Å². The molecule has 3 heterocycles. The molecule has 168 valence electrons. The van der Waals surface area contributed by atoms with E-state index in [4.69, 9.17) is 4.52 Å². The molecule has 0 saturated carbocycles. The molecule has 0 spiro atoms. The lowest BCUT2D eigenvalue weighted by molar-refractivity contribution is -0.133. The van der Waals surface area contributed by atoms with E-state index in [0.29, 0.717) is 30.6 Å². The number of aromatic nitrogens is 2. The fraction of sp³-hybridized carbons (Fsp3) is 0.625. The minimum atomic E-state index is 0.171. The highest BCUT2D eigenvalue weighted by atomic mass is 16.5. The van der Waals surface area contributed by atoms with Crippen molar-refractivity contribution in [2.45, 2.75) is 58.4 Å². The molecule has 1 aromatic heterocycles. The standard InChI is InChI=1S/C24H35N5O2/c1-19(2)27-15-17-29(18-16-27)23(30)12-11-22-25-24(26-31-22)20-7-9-21(10-8-20)28-13-5-3-4-6-14-28/h7-10,19H,3-6,11-18H2,1-2H3. The quantitative estimate of drug-likeness (QED) is 0.705. The van der Waals surface area contributed by atoms with Crippen molar-refractivity contribution in [2.75, 3.05) is 44.2 Å². The van der Waals surface area contributed by atoms with Crippen LogP contribution in [0.15, 0.2) is 28.8 Å². The third kappa shape index (κ3) is 5.64. The Bertz CT molecular complexity index is 832. The first-order valence-electron chi connectivity index (χ1n) is 11.8. The Hall–Kier alpha value is -2.41. The molecule has 0 unspecified atom stereocenters. The van der Waals surface area contributed by atoms with E-state index in [1.54, 1.807) is 0 Å². The first-order valence-corrected chi connectivity index (χ1v) is 11.8. The van der Waals surface area contributed by atoms with Crippen molar-refractivity contribution in [3.63, 3.8) is 0 Å². The largest absolute Gasteiger partial charge is 0.372 e. The van der Waals surface area contributed by atoms with E-state index in [1.807, 2.05) is 4.90 Å². The van der Waals surface area contributed by atoms with Crippen molar-refractivity contribution < 1.29 is 9.32 Å². The van der Waals surface area contributed by atoms with Gasteiger partial charge in [-0.05, 0) is 51.0 Å². The summed E-state index contributed by atoms with van der Waals surface area (Å²) in [7, 11) is 0. The van der Waals surface area contributed by atoms with Gasteiger partial charge in [-0.3, -0.25) is 9.69 Å². The molecule has 2 aliphatic rings. The summed E-state index contributed by atoms with van der Waals surface area (Å²) in [5, 5.41) is 4.13. The fourth-order valence-electron chi connectivity index (χ4n) is 4.48. The van der Waals surface area contributed by atoms with E-state index in [1.165, 1.54) is 31.4 Å². The van der Waals surface area contributed by atoms with Gasteiger partial charge in [0.15, 0.2) is 0 Å². The maximum Gasteiger partial charge on any atom is 0.227 e. The number of carbonyl (C=O) groups is 1. The summed E-state index contributed by atoms with van der Waals surface area (Å²) in [6.07, 6.45) is 6.09. The number of nitrogens with zero attached hydrogens (tertiary/aromatic N) is 5. The second-order valence-electron chi connectivity index (χ2n) is 8.97. The Morgan fingerprint density at radius 1 is 0.968 bits per heavy atom. The Morgan fingerprint density at radius 2 is 1.65 bits per heavy atom. The van der Waals surface area contributed by atoms with E-state index in [9.17, 15) is 4.79 Å². The number of benzene rings is 1. The van der Waals surface area contributed by atoms with Gasteiger partial charge >= 0.3 is 0 Å². The van der Waals surface area contributed by atoms with Crippen molar-refractivity contribution in [1.82, 2.24) is 19.9 Å². The van der Waals surface area contributed by atoms with E-state index in [-0.39, 0.29) is 5.91 Å². The molecule has 31 heavy (non-hydrogen) atoms. The van der Waals surface area contributed by atoms with Crippen LogP contribution in [0.25, 0.3) is 11.4 Å². The number of amides is 1. The Labute approximate surface area is 185 Å². The number of piperazine rings is 1. The molecule has 0 N–H and O–H groups in total. The SMILES string of the molecule is CC(C)N1CCN(C(=O)CCc2nc(-c3ccc(N4CCCCCC4)cc3)no2)CC1. The van der Waals surface area contributed by atoms with Crippen LogP contribution in [0.2, 0.25) is 0 Å². The lowest BCUT2D eigenvalue weighted by Gasteiger charge is -2.36. The summed E-state index contributed by atoms with van der Waals surface area (Å²) in [6, 6.07) is 8.96. The second kappa shape index (κ2) is 10.3. The van der Waals surface area contributed by atoms with Crippen molar-refractivity contribution in [3.05, 3.63) is 30.2 Å². The highest BCUT2D eigenvalue weighted by Gasteiger charge is 2.22. The summed E-state index contributed by atoms with van der Waals surface area (Å²) in [4.78, 5) is 23.9. The van der Waals surface area contributed by atoms with Crippen LogP contribution in [-0.4, -0.2) is 71.2 Å². The zero-order valence-electron chi connectivity index (χ0n) is 18.9. The van der Waals surface area contributed by atoms with E-state index in [0.717, 1.165) is 44.8 Å². The molecule has 7 nitrogen and oxygen atoms in total. The van der Waals surface area contributed by atoms with Gasteiger partial charge in [0.1, 0.15) is 0 Å². The van der Waals surface area contributed by atoms with Gasteiger partial charge in [-0.25, -0.2) is 0 Å². The summed E-state index contributed by atoms with van der Waals surface area (Å²) >= 11 is 0. The molecule has 0 atom stereocenters. The normalized spacial score (nSPS) is 18.4. The van der Waals surface area contributed by atoms with Crippen molar-refractivity contribution >= 4 is 11.6 Å². The summed E-state index contributed by atoms with van der Waals surface area (Å²) < 4.78 is 5.42. The smallest absolute Gasteiger partial charge is 0.227 e. The number of aryl methyl sites for hydroxylation is 1. The molecule has 0 radical (unpaired) electrons. The average molecular weight is 426 g/mol. The van der Waals surface area contributed by atoms with Gasteiger partial charge in [-0.15, -0.1) is 0 Å². The maximum absolute atomic E-state index is 12.5. The number of carbonyl (C=O) groups excluding carboxylic acids is 1. The zero-order chi connectivity index (χ0) is 21.6. The van der Waals surface area contributed by atoms with Gasteiger partial charge < -0.3 is 14.3 Å². The van der Waals surface area contributed by atoms with Gasteiger partial charge in [0.2, 0.25) is 17.6 Å². The highest BCUT2D eigenvalue weighted by Crippen LogP contribution is 2.24. The van der Waals surface area contributed by atoms with Gasteiger partial charge in [0.25, 0.3) is 0 Å². The Kier molecular flexibility index (Phi) is 7.22. The summed E-state index contributed by atoms with van der Waals surface area (Å²) in [5.74, 6) is 1.29. The molecule has 0 bridgehead atoms. The van der Waals surface area contributed by atoms with Gasteiger partial charge in [0.05, 0.1) is 0 Å². The van der Waals surface area contributed by atoms with Gasteiger partial charge in [0, 0.05) is 69.4 Å². The van der Waals surface area contributed by atoms with Crippen LogP contribution in [0.1, 0.15) is 51.8 Å². The lowest BCUT2D eigenvalue weighted by Crippen LogP contribution is -2.50. The molecule has 1 aromatic carbocycles. The van der Waals surface area contributed by atoms with Crippen molar-refractivity contribution in [2.24, 2.45) is 0 Å². The van der Waals surface area contributed by atoms with Gasteiger partial charge in [-0.1, -0.05) is 18.0 Å². The van der Waals surface area contributed by atoms with Crippen LogP contribution >= 0.6 is 0 Å². The lowest BCUT2D eigenvalue weighted by atomic mass is 10.2. The minimum absolute atomic E-state index is 0.171. The molecular weight excluding hydrogens is 390 g/mol. The predicted octanol–water partition coefficient (Wildman–Crippen LogP) is 3.60. The van der Waals surface area contributed by atoms with Crippen LogP contribution < -0.4 is 4.90 Å². The monoisotopic (exact) mass is 425 g/mol. The van der Waals surface area contributed by atoms with E-state index >= 15 is 0 Å². The molecule has 2 saturated heterocycles. The van der Waals surface area contributed by atoms with Crippen LogP contribution in [0.5, 0.6) is 0 Å². The number of anilines is 1. The van der Waals surface area contributed by atoms with Crippen LogP contribution in [0, 0.1) is 0 Å². The number of hydrogen-bond acceptors (Lipinski definition) is 6. The summed E-state index contributed by atoms with van der Waals surface area (Å²) in [5.41, 5.74) is 2.21. The fourth-order valence-corrected chi connectivity index (χ4v) is 4.48. The Balaban J connectivity index is 1.28. The second-order valence-corrected chi connectivity index (χ2v) is 8.97. The summed E-state index contributed by atoms with van der Waals surface area (Å²) in [6.45, 7) is 10.2. The molecular formula is C24H35N5O2.